The Morgan fingerprint density at radius 3 is 2.23 bits per heavy atom. The highest BCUT2D eigenvalue weighted by Gasteiger charge is 2.29. The van der Waals surface area contributed by atoms with E-state index in [1.54, 1.807) is 37.3 Å². The number of amides is 3. The maximum absolute atomic E-state index is 12.8. The van der Waals surface area contributed by atoms with Crippen molar-refractivity contribution in [1.29, 1.82) is 0 Å². The summed E-state index contributed by atoms with van der Waals surface area (Å²) in [6, 6.07) is 5.61. The Bertz CT molecular complexity index is 727. The molecule has 3 amide bonds. The molecule has 1 aromatic carbocycles. The molecule has 1 aromatic rings. The van der Waals surface area contributed by atoms with Gasteiger partial charge in [0.1, 0.15) is 18.1 Å². The lowest BCUT2D eigenvalue weighted by atomic mass is 9.98. The van der Waals surface area contributed by atoms with Gasteiger partial charge in [0.15, 0.2) is 0 Å². The van der Waals surface area contributed by atoms with E-state index in [1.807, 2.05) is 6.92 Å². The van der Waals surface area contributed by atoms with Gasteiger partial charge in [0.25, 0.3) is 0 Å². The van der Waals surface area contributed by atoms with Gasteiger partial charge < -0.3 is 31.9 Å². The number of hydrogen-bond acceptors (Lipinski definition) is 6. The number of nitrogens with two attached hydrogens (primary N) is 1. The summed E-state index contributed by atoms with van der Waals surface area (Å²) in [5.41, 5.74) is 6.13. The molecule has 0 spiro atoms. The molecule has 7 N–H and O–H groups in total. The Balaban J connectivity index is 2.88. The fourth-order valence-electron chi connectivity index (χ4n) is 2.62. The summed E-state index contributed by atoms with van der Waals surface area (Å²) in [6.07, 6.45) is 0.680. The fraction of sp³-hybridized carbons (Fsp3) is 0.500. The van der Waals surface area contributed by atoms with Crippen molar-refractivity contribution in [2.75, 3.05) is 13.2 Å². The third-order valence-corrected chi connectivity index (χ3v) is 4.67. The highest BCUT2D eigenvalue weighted by Crippen LogP contribution is 2.10. The first kappa shape index (κ1) is 25.1. The number of benzene rings is 1. The molecule has 0 fully saturated rings. The quantitative estimate of drug-likeness (QED) is 0.245. The van der Waals surface area contributed by atoms with Gasteiger partial charge in [-0.1, -0.05) is 50.6 Å². The lowest BCUT2D eigenvalue weighted by Crippen LogP contribution is -2.55. The van der Waals surface area contributed by atoms with Crippen molar-refractivity contribution in [3.8, 4) is 0 Å². The molecule has 0 radical (unpaired) electrons. The number of nitrogens with one attached hydrogen (secondary N) is 3. The molecule has 0 bridgehead atoms. The summed E-state index contributed by atoms with van der Waals surface area (Å²) in [5, 5.41) is 25.5. The van der Waals surface area contributed by atoms with E-state index in [0.29, 0.717) is 6.42 Å². The van der Waals surface area contributed by atoms with Crippen LogP contribution in [0.1, 0.15) is 25.8 Å². The van der Waals surface area contributed by atoms with E-state index in [-0.39, 0.29) is 12.3 Å². The minimum absolute atomic E-state index is 0.134. The Hall–Kier alpha value is -2.98. The molecule has 4 atom stereocenters. The topological polar surface area (TPSA) is 171 Å². The molecule has 0 saturated heterocycles. The van der Waals surface area contributed by atoms with Gasteiger partial charge in [-0.05, 0) is 11.5 Å². The molecule has 0 saturated carbocycles. The fourth-order valence-corrected chi connectivity index (χ4v) is 2.62. The van der Waals surface area contributed by atoms with E-state index in [1.165, 1.54) is 0 Å². The molecule has 4 unspecified atom stereocenters. The molecule has 10 heteroatoms. The lowest BCUT2D eigenvalue weighted by molar-refractivity contribution is -0.143. The van der Waals surface area contributed by atoms with Crippen LogP contribution in [-0.4, -0.2) is 65.2 Å². The first-order valence-electron chi connectivity index (χ1n) is 9.70. The van der Waals surface area contributed by atoms with Crippen LogP contribution >= 0.6 is 0 Å². The normalized spacial score (nSPS) is 14.7. The third kappa shape index (κ3) is 8.18. The van der Waals surface area contributed by atoms with Gasteiger partial charge >= 0.3 is 5.97 Å². The van der Waals surface area contributed by atoms with Crippen molar-refractivity contribution in [3.05, 3.63) is 35.9 Å². The number of carboxylic acid groups (broad SMARTS) is 1. The van der Waals surface area contributed by atoms with E-state index in [2.05, 4.69) is 16.0 Å². The van der Waals surface area contributed by atoms with Gasteiger partial charge in [0, 0.05) is 6.42 Å². The summed E-state index contributed by atoms with van der Waals surface area (Å²) in [7, 11) is 0. The molecular formula is C20H30N4O6. The Labute approximate surface area is 175 Å². The average Bonchev–Trinajstić information content (AvgIpc) is 2.74. The number of carbonyl (C=O) groups excluding carboxylic acids is 3. The van der Waals surface area contributed by atoms with Crippen molar-refractivity contribution >= 4 is 23.7 Å². The van der Waals surface area contributed by atoms with Gasteiger partial charge in [-0.2, -0.15) is 0 Å². The molecule has 0 aromatic heterocycles. The van der Waals surface area contributed by atoms with Crippen LogP contribution in [0, 0.1) is 5.92 Å². The maximum atomic E-state index is 12.8. The van der Waals surface area contributed by atoms with Gasteiger partial charge in [0.2, 0.25) is 17.7 Å². The summed E-state index contributed by atoms with van der Waals surface area (Å²) < 4.78 is 0. The number of aliphatic hydroxyl groups excluding tert-OH is 1. The highest BCUT2D eigenvalue weighted by molar-refractivity contribution is 5.92. The lowest BCUT2D eigenvalue weighted by Gasteiger charge is -2.24. The van der Waals surface area contributed by atoms with Gasteiger partial charge in [-0.15, -0.1) is 0 Å². The van der Waals surface area contributed by atoms with Crippen LogP contribution in [0.15, 0.2) is 30.3 Å². The first-order chi connectivity index (χ1) is 14.2. The molecule has 0 aliphatic carbocycles. The molecule has 0 heterocycles. The van der Waals surface area contributed by atoms with E-state index >= 15 is 0 Å². The number of aliphatic hydroxyl groups is 1. The van der Waals surface area contributed by atoms with Crippen LogP contribution in [0.4, 0.5) is 0 Å². The summed E-state index contributed by atoms with van der Waals surface area (Å²) in [5.74, 6) is -3.47. The number of carboxylic acids is 1. The second kappa shape index (κ2) is 12.6. The van der Waals surface area contributed by atoms with E-state index in [4.69, 9.17) is 10.8 Å². The zero-order valence-corrected chi connectivity index (χ0v) is 17.1. The van der Waals surface area contributed by atoms with E-state index in [9.17, 15) is 24.3 Å². The largest absolute Gasteiger partial charge is 0.480 e. The van der Waals surface area contributed by atoms with Crippen LogP contribution in [0.5, 0.6) is 0 Å². The number of rotatable bonds is 12. The van der Waals surface area contributed by atoms with Crippen molar-refractivity contribution in [3.63, 3.8) is 0 Å². The summed E-state index contributed by atoms with van der Waals surface area (Å²) in [4.78, 5) is 48.2. The molecule has 166 valence electrons. The van der Waals surface area contributed by atoms with Crippen molar-refractivity contribution in [2.24, 2.45) is 11.7 Å². The van der Waals surface area contributed by atoms with E-state index < -0.39 is 55.0 Å². The monoisotopic (exact) mass is 422 g/mol. The van der Waals surface area contributed by atoms with E-state index in [0.717, 1.165) is 5.56 Å². The Morgan fingerprint density at radius 1 is 1.07 bits per heavy atom. The Morgan fingerprint density at radius 2 is 1.70 bits per heavy atom. The molecular weight excluding hydrogens is 392 g/mol. The van der Waals surface area contributed by atoms with Crippen molar-refractivity contribution in [2.45, 2.75) is 44.8 Å². The zero-order chi connectivity index (χ0) is 22.7. The number of carbonyl (C=O) groups is 4. The molecule has 1 rings (SSSR count). The molecule has 0 aliphatic rings. The molecule has 10 nitrogen and oxygen atoms in total. The van der Waals surface area contributed by atoms with Crippen LogP contribution in [0.2, 0.25) is 0 Å². The second-order valence-corrected chi connectivity index (χ2v) is 7.03. The zero-order valence-electron chi connectivity index (χ0n) is 17.1. The van der Waals surface area contributed by atoms with Crippen LogP contribution in [0.25, 0.3) is 0 Å². The standard InChI is InChI=1S/C20H30N4O6/c1-3-12(2)17(20(29)30)24-19(28)15(9-13-7-5-4-6-8-13)23-16(26)10-22-18(27)14(21)11-25/h4-8,12,14-15,17,25H,3,9-11,21H2,1-2H3,(H,22,27)(H,23,26)(H,24,28)(H,29,30). The van der Waals surface area contributed by atoms with Gasteiger partial charge in [-0.3, -0.25) is 14.4 Å². The highest BCUT2D eigenvalue weighted by atomic mass is 16.4. The van der Waals surface area contributed by atoms with Crippen molar-refractivity contribution < 1.29 is 29.4 Å². The van der Waals surface area contributed by atoms with Crippen LogP contribution < -0.4 is 21.7 Å². The molecule has 0 aliphatic heterocycles. The minimum Gasteiger partial charge on any atom is -0.480 e. The molecule has 30 heavy (non-hydrogen) atoms. The third-order valence-electron chi connectivity index (χ3n) is 4.67. The summed E-state index contributed by atoms with van der Waals surface area (Å²) in [6.45, 7) is 2.51. The van der Waals surface area contributed by atoms with Gasteiger partial charge in [0.05, 0.1) is 13.2 Å². The summed E-state index contributed by atoms with van der Waals surface area (Å²) >= 11 is 0. The second-order valence-electron chi connectivity index (χ2n) is 7.03. The maximum Gasteiger partial charge on any atom is 0.326 e. The predicted octanol–water partition coefficient (Wildman–Crippen LogP) is -1.23. The average molecular weight is 422 g/mol. The first-order valence-corrected chi connectivity index (χ1v) is 9.70. The SMILES string of the molecule is CCC(C)C(NC(=O)C(Cc1ccccc1)NC(=O)CNC(=O)C(N)CO)C(=O)O. The Kier molecular flexibility index (Phi) is 10.5. The smallest absolute Gasteiger partial charge is 0.326 e. The predicted molar refractivity (Wildman–Crippen MR) is 109 cm³/mol. The van der Waals surface area contributed by atoms with Gasteiger partial charge in [-0.25, -0.2) is 4.79 Å². The van der Waals surface area contributed by atoms with Crippen molar-refractivity contribution in [1.82, 2.24) is 16.0 Å². The van der Waals surface area contributed by atoms with Crippen LogP contribution in [0.3, 0.4) is 0 Å². The minimum atomic E-state index is -1.16. The number of hydrogen-bond donors (Lipinski definition) is 6. The number of aliphatic carboxylic acids is 1. The van der Waals surface area contributed by atoms with Crippen LogP contribution in [-0.2, 0) is 25.6 Å².